The van der Waals surface area contributed by atoms with Crippen molar-refractivity contribution in [1.29, 1.82) is 0 Å². The molecule has 0 fully saturated rings. The van der Waals surface area contributed by atoms with Crippen LogP contribution in [0.25, 0.3) is 0 Å². The Balaban J connectivity index is 1.97. The quantitative estimate of drug-likeness (QED) is 0.525. The molecule has 0 radical (unpaired) electrons. The zero-order chi connectivity index (χ0) is 14.0. The van der Waals surface area contributed by atoms with Crippen LogP contribution in [0.5, 0.6) is 0 Å². The molecule has 2 aromatic heterocycles. The average molecular weight is 488 g/mol. The van der Waals surface area contributed by atoms with Crippen molar-refractivity contribution in [3.05, 3.63) is 40.0 Å². The van der Waals surface area contributed by atoms with E-state index >= 15 is 0 Å². The minimum Gasteiger partial charge on any atom is -0.295 e. The van der Waals surface area contributed by atoms with Crippen LogP contribution in [0.15, 0.2) is 28.9 Å². The van der Waals surface area contributed by atoms with Gasteiger partial charge in [0.15, 0.2) is 5.78 Å². The minimum atomic E-state index is 0.130. The number of ketones is 1. The Morgan fingerprint density at radius 1 is 1.26 bits per heavy atom. The molecule has 0 atom stereocenters. The fraction of sp³-hybridized carbons (Fsp3) is 0.250. The van der Waals surface area contributed by atoms with Gasteiger partial charge >= 0.3 is 0 Å². The van der Waals surface area contributed by atoms with Crippen LogP contribution in [-0.2, 0) is 6.54 Å². The van der Waals surface area contributed by atoms with E-state index in [4.69, 9.17) is 0 Å². The van der Waals surface area contributed by atoms with Crippen LogP contribution < -0.4 is 0 Å². The Labute approximate surface area is 145 Å². The van der Waals surface area contributed by atoms with Gasteiger partial charge < -0.3 is 0 Å². The third-order valence-electron chi connectivity index (χ3n) is 2.44. The molecule has 2 aromatic rings. The second kappa shape index (κ2) is 6.95. The summed E-state index contributed by atoms with van der Waals surface area (Å²) >= 11 is 13.4. The van der Waals surface area contributed by atoms with Crippen molar-refractivity contribution < 1.29 is 4.79 Å². The number of hydrogen-bond acceptors (Lipinski definition) is 4. The number of Topliss-reactive ketones (excluding diaryl/α,β-unsaturated/α-hetero) is 1. The minimum absolute atomic E-state index is 0.130. The van der Waals surface area contributed by atoms with Crippen molar-refractivity contribution in [3.8, 4) is 0 Å². The first-order chi connectivity index (χ1) is 8.95. The molecule has 0 bridgehead atoms. The molecule has 0 saturated heterocycles. The number of hydrogen-bond donors (Lipinski definition) is 0. The van der Waals surface area contributed by atoms with E-state index in [1.54, 1.807) is 11.3 Å². The van der Waals surface area contributed by atoms with E-state index in [1.165, 1.54) is 16.9 Å². The Morgan fingerprint density at radius 3 is 2.53 bits per heavy atom. The number of carbonyl (C=O) groups is 1. The van der Waals surface area contributed by atoms with Crippen molar-refractivity contribution in [1.82, 2.24) is 4.90 Å². The Morgan fingerprint density at radius 2 is 2.00 bits per heavy atom. The lowest BCUT2D eigenvalue weighted by Crippen LogP contribution is -2.25. The van der Waals surface area contributed by atoms with Crippen LogP contribution in [0.3, 0.4) is 0 Å². The van der Waals surface area contributed by atoms with Crippen molar-refractivity contribution in [2.45, 2.75) is 6.54 Å². The molecule has 0 aliphatic heterocycles. The van der Waals surface area contributed by atoms with Crippen LogP contribution in [0, 0.1) is 0 Å². The second-order valence-electron chi connectivity index (χ2n) is 4.09. The molecule has 2 heterocycles. The number of nitrogens with zero attached hydrogens (tertiary/aromatic N) is 1. The highest BCUT2D eigenvalue weighted by molar-refractivity contribution is 9.12. The molecule has 19 heavy (non-hydrogen) atoms. The summed E-state index contributed by atoms with van der Waals surface area (Å²) in [4.78, 5) is 14.2. The monoisotopic (exact) mass is 485 g/mol. The lowest BCUT2D eigenvalue weighted by Gasteiger charge is -2.14. The third-order valence-corrected chi connectivity index (χ3v) is 6.34. The van der Waals surface area contributed by atoms with Crippen LogP contribution in [0.2, 0.25) is 0 Å². The third kappa shape index (κ3) is 4.47. The van der Waals surface area contributed by atoms with Gasteiger partial charge in [-0.25, -0.2) is 0 Å². The molecule has 0 aliphatic rings. The normalized spacial score (nSPS) is 11.2. The number of carbonyl (C=O) groups excluding carboxylic acids is 1. The van der Waals surface area contributed by atoms with E-state index < -0.39 is 0 Å². The molecular weight excluding hydrogens is 478 g/mol. The molecule has 0 aliphatic carbocycles. The van der Waals surface area contributed by atoms with Crippen molar-refractivity contribution in [2.24, 2.45) is 0 Å². The Hall–Kier alpha value is 0.470. The van der Waals surface area contributed by atoms with Gasteiger partial charge in [0.05, 0.1) is 17.9 Å². The smallest absolute Gasteiger partial charge is 0.178 e. The molecule has 0 N–H and O–H groups in total. The highest BCUT2D eigenvalue weighted by atomic mass is 79.9. The average Bonchev–Trinajstić information content (AvgIpc) is 2.84. The highest BCUT2D eigenvalue weighted by Crippen LogP contribution is 2.32. The lowest BCUT2D eigenvalue weighted by molar-refractivity contribution is 0.0943. The molecule has 102 valence electrons. The summed E-state index contributed by atoms with van der Waals surface area (Å²) in [6.07, 6.45) is 0. The van der Waals surface area contributed by atoms with Gasteiger partial charge in [-0.1, -0.05) is 0 Å². The van der Waals surface area contributed by atoms with E-state index in [9.17, 15) is 4.79 Å². The Bertz CT molecular complexity index is 594. The molecule has 0 spiro atoms. The SMILES string of the molecule is CN(CC(=O)c1cc(Br)sc1Br)Cc1csc(Br)c1. The lowest BCUT2D eigenvalue weighted by atomic mass is 10.2. The molecule has 0 unspecified atom stereocenters. The maximum atomic E-state index is 12.2. The molecular formula is C12H10Br3NOS2. The summed E-state index contributed by atoms with van der Waals surface area (Å²) < 4.78 is 2.97. The fourth-order valence-corrected chi connectivity index (χ4v) is 5.71. The van der Waals surface area contributed by atoms with Gasteiger partial charge in [-0.3, -0.25) is 9.69 Å². The van der Waals surface area contributed by atoms with E-state index in [1.807, 2.05) is 18.0 Å². The number of halogens is 3. The standard InChI is InChI=1S/C12H10Br3NOS2/c1-16(4-7-2-10(13)18-6-7)5-9(17)8-3-11(14)19-12(8)15/h2-3,6H,4-5H2,1H3. The zero-order valence-electron chi connectivity index (χ0n) is 9.95. The van der Waals surface area contributed by atoms with Gasteiger partial charge in [0.2, 0.25) is 0 Å². The predicted octanol–water partition coefficient (Wildman–Crippen LogP) is 5.41. The summed E-state index contributed by atoms with van der Waals surface area (Å²) in [5.41, 5.74) is 1.97. The van der Waals surface area contributed by atoms with Crippen molar-refractivity contribution >= 4 is 76.2 Å². The largest absolute Gasteiger partial charge is 0.295 e. The number of thiophene rings is 2. The van der Waals surface area contributed by atoms with Crippen LogP contribution in [0.4, 0.5) is 0 Å². The van der Waals surface area contributed by atoms with Gasteiger partial charge in [-0.05, 0) is 77.9 Å². The topological polar surface area (TPSA) is 20.3 Å². The van der Waals surface area contributed by atoms with Gasteiger partial charge in [-0.15, -0.1) is 22.7 Å². The summed E-state index contributed by atoms with van der Waals surface area (Å²) in [5, 5.41) is 2.10. The molecule has 2 nitrogen and oxygen atoms in total. The van der Waals surface area contributed by atoms with Crippen LogP contribution in [-0.4, -0.2) is 24.3 Å². The first kappa shape index (κ1) is 15.9. The van der Waals surface area contributed by atoms with Gasteiger partial charge in [0, 0.05) is 12.1 Å². The maximum absolute atomic E-state index is 12.2. The first-order valence-electron chi connectivity index (χ1n) is 5.35. The van der Waals surface area contributed by atoms with Crippen molar-refractivity contribution in [2.75, 3.05) is 13.6 Å². The van der Waals surface area contributed by atoms with E-state index in [2.05, 4.69) is 59.2 Å². The highest BCUT2D eigenvalue weighted by Gasteiger charge is 2.15. The fourth-order valence-electron chi connectivity index (χ4n) is 1.66. The van der Waals surface area contributed by atoms with Crippen LogP contribution >= 0.6 is 70.5 Å². The van der Waals surface area contributed by atoms with E-state index in [0.717, 1.165) is 23.5 Å². The van der Waals surface area contributed by atoms with E-state index in [0.29, 0.717) is 6.54 Å². The molecule has 0 amide bonds. The first-order valence-corrected chi connectivity index (χ1v) is 9.42. The predicted molar refractivity (Wildman–Crippen MR) is 92.4 cm³/mol. The summed E-state index contributed by atoms with van der Waals surface area (Å²) in [7, 11) is 1.96. The van der Waals surface area contributed by atoms with Gasteiger partial charge in [0.25, 0.3) is 0 Å². The number of rotatable bonds is 5. The van der Waals surface area contributed by atoms with Crippen molar-refractivity contribution in [3.63, 3.8) is 0 Å². The van der Waals surface area contributed by atoms with Crippen LogP contribution in [0.1, 0.15) is 15.9 Å². The molecule has 7 heteroatoms. The zero-order valence-corrected chi connectivity index (χ0v) is 16.3. The molecule has 0 saturated carbocycles. The second-order valence-corrected chi connectivity index (χ2v) is 10.1. The number of likely N-dealkylation sites (N-methyl/N-ethyl adjacent to an activating group) is 1. The molecule has 2 rings (SSSR count). The summed E-state index contributed by atoms with van der Waals surface area (Å²) in [5.74, 6) is 0.130. The van der Waals surface area contributed by atoms with Gasteiger partial charge in [0.1, 0.15) is 0 Å². The Kier molecular flexibility index (Phi) is 5.80. The summed E-state index contributed by atoms with van der Waals surface area (Å²) in [6, 6.07) is 3.95. The maximum Gasteiger partial charge on any atom is 0.178 e. The summed E-state index contributed by atoms with van der Waals surface area (Å²) in [6.45, 7) is 1.19. The molecule has 0 aromatic carbocycles. The van der Waals surface area contributed by atoms with Gasteiger partial charge in [-0.2, -0.15) is 0 Å². The van der Waals surface area contributed by atoms with E-state index in [-0.39, 0.29) is 5.78 Å².